The summed E-state index contributed by atoms with van der Waals surface area (Å²) in [6, 6.07) is 10.2. The van der Waals surface area contributed by atoms with Gasteiger partial charge in [0, 0.05) is 19.6 Å². The standard InChI is InChI=1S/C19H22N4O2S/c1-2-10-21-18(24)16-15(20)17(26-22-16)19(25)23-11-8-14(9-12-23)13-6-4-3-5-7-13/h3-8H,2,9-12,20H2,1H3,(H,21,24). The third-order valence-electron chi connectivity index (χ3n) is 4.31. The number of nitrogens with one attached hydrogen (secondary N) is 1. The molecular weight excluding hydrogens is 348 g/mol. The van der Waals surface area contributed by atoms with Crippen molar-refractivity contribution in [3.05, 3.63) is 52.5 Å². The molecule has 7 heteroatoms. The number of anilines is 1. The fraction of sp³-hybridized carbons (Fsp3) is 0.316. The van der Waals surface area contributed by atoms with Crippen LogP contribution in [0.15, 0.2) is 36.4 Å². The van der Waals surface area contributed by atoms with E-state index >= 15 is 0 Å². The minimum absolute atomic E-state index is 0.143. The number of carbonyl (C=O) groups is 2. The van der Waals surface area contributed by atoms with Crippen molar-refractivity contribution in [1.29, 1.82) is 0 Å². The van der Waals surface area contributed by atoms with Gasteiger partial charge in [0.2, 0.25) is 0 Å². The normalized spacial score (nSPS) is 14.0. The first-order valence-corrected chi connectivity index (χ1v) is 9.46. The van der Waals surface area contributed by atoms with Crippen LogP contribution in [-0.4, -0.2) is 40.7 Å². The van der Waals surface area contributed by atoms with Gasteiger partial charge in [-0.15, -0.1) is 0 Å². The van der Waals surface area contributed by atoms with Crippen molar-refractivity contribution in [2.24, 2.45) is 0 Å². The van der Waals surface area contributed by atoms with E-state index in [4.69, 9.17) is 5.73 Å². The molecule has 0 fully saturated rings. The molecule has 2 aromatic rings. The lowest BCUT2D eigenvalue weighted by Crippen LogP contribution is -2.34. The zero-order valence-corrected chi connectivity index (χ0v) is 15.5. The quantitative estimate of drug-likeness (QED) is 0.847. The van der Waals surface area contributed by atoms with Crippen molar-refractivity contribution in [3.8, 4) is 0 Å². The monoisotopic (exact) mass is 370 g/mol. The third kappa shape index (κ3) is 3.77. The van der Waals surface area contributed by atoms with Crippen molar-refractivity contribution >= 4 is 34.6 Å². The van der Waals surface area contributed by atoms with Crippen molar-refractivity contribution in [3.63, 3.8) is 0 Å². The SMILES string of the molecule is CCCNC(=O)c1nsc(C(=O)N2CC=C(c3ccccc3)CC2)c1N. The minimum Gasteiger partial charge on any atom is -0.395 e. The molecule has 3 N–H and O–H groups in total. The maximum atomic E-state index is 12.8. The second-order valence-corrected chi connectivity index (χ2v) is 6.90. The van der Waals surface area contributed by atoms with E-state index in [2.05, 4.69) is 27.9 Å². The number of benzene rings is 1. The molecule has 2 heterocycles. The van der Waals surface area contributed by atoms with Crippen LogP contribution in [0.5, 0.6) is 0 Å². The number of carbonyl (C=O) groups excluding carboxylic acids is 2. The Hall–Kier alpha value is -2.67. The van der Waals surface area contributed by atoms with E-state index in [0.29, 0.717) is 24.5 Å². The molecule has 1 aromatic carbocycles. The van der Waals surface area contributed by atoms with E-state index < -0.39 is 0 Å². The van der Waals surface area contributed by atoms with Gasteiger partial charge >= 0.3 is 0 Å². The molecule has 0 radical (unpaired) electrons. The number of hydrogen-bond donors (Lipinski definition) is 2. The van der Waals surface area contributed by atoms with Crippen molar-refractivity contribution in [2.45, 2.75) is 19.8 Å². The van der Waals surface area contributed by atoms with Crippen LogP contribution in [0.2, 0.25) is 0 Å². The molecule has 0 saturated carbocycles. The van der Waals surface area contributed by atoms with Gasteiger partial charge in [-0.3, -0.25) is 9.59 Å². The fourth-order valence-corrected chi connectivity index (χ4v) is 3.62. The zero-order valence-electron chi connectivity index (χ0n) is 14.7. The Kier molecular flexibility index (Phi) is 5.68. The Morgan fingerprint density at radius 3 is 2.73 bits per heavy atom. The third-order valence-corrected chi connectivity index (χ3v) is 5.16. The Morgan fingerprint density at radius 1 is 1.31 bits per heavy atom. The summed E-state index contributed by atoms with van der Waals surface area (Å²) < 4.78 is 4.09. The Labute approximate surface area is 156 Å². The number of hydrogen-bond acceptors (Lipinski definition) is 5. The zero-order chi connectivity index (χ0) is 18.5. The van der Waals surface area contributed by atoms with Crippen LogP contribution in [0.25, 0.3) is 5.57 Å². The van der Waals surface area contributed by atoms with E-state index in [1.807, 2.05) is 25.1 Å². The summed E-state index contributed by atoms with van der Waals surface area (Å²) >= 11 is 0.989. The summed E-state index contributed by atoms with van der Waals surface area (Å²) in [5.41, 5.74) is 8.77. The number of rotatable bonds is 5. The van der Waals surface area contributed by atoms with Crippen molar-refractivity contribution in [2.75, 3.05) is 25.4 Å². The van der Waals surface area contributed by atoms with Gasteiger partial charge in [0.1, 0.15) is 4.88 Å². The molecule has 3 rings (SSSR count). The summed E-state index contributed by atoms with van der Waals surface area (Å²) in [6.45, 7) is 3.66. The van der Waals surface area contributed by atoms with Gasteiger partial charge in [-0.25, -0.2) is 0 Å². The molecule has 0 bridgehead atoms. The van der Waals surface area contributed by atoms with E-state index in [1.54, 1.807) is 4.90 Å². The van der Waals surface area contributed by atoms with Gasteiger partial charge in [-0.2, -0.15) is 4.37 Å². The second-order valence-electron chi connectivity index (χ2n) is 6.13. The van der Waals surface area contributed by atoms with Gasteiger partial charge in [0.05, 0.1) is 5.69 Å². The Morgan fingerprint density at radius 2 is 2.08 bits per heavy atom. The highest BCUT2D eigenvalue weighted by atomic mass is 32.1. The summed E-state index contributed by atoms with van der Waals surface area (Å²) in [4.78, 5) is 26.9. The topological polar surface area (TPSA) is 88.3 Å². The molecule has 6 nitrogen and oxygen atoms in total. The maximum absolute atomic E-state index is 12.8. The number of amides is 2. The van der Waals surface area contributed by atoms with E-state index in [0.717, 1.165) is 24.4 Å². The molecule has 1 aliphatic heterocycles. The first-order chi connectivity index (χ1) is 12.6. The average molecular weight is 370 g/mol. The fourth-order valence-electron chi connectivity index (χ4n) is 2.85. The highest BCUT2D eigenvalue weighted by Gasteiger charge is 2.26. The Balaban J connectivity index is 1.70. The van der Waals surface area contributed by atoms with E-state index in [9.17, 15) is 9.59 Å². The summed E-state index contributed by atoms with van der Waals surface area (Å²) in [5, 5.41) is 2.74. The lowest BCUT2D eigenvalue weighted by atomic mass is 9.99. The molecule has 0 atom stereocenters. The summed E-state index contributed by atoms with van der Waals surface area (Å²) in [7, 11) is 0. The van der Waals surface area contributed by atoms with Crippen LogP contribution in [0.4, 0.5) is 5.69 Å². The molecule has 0 aliphatic carbocycles. The number of aromatic nitrogens is 1. The summed E-state index contributed by atoms with van der Waals surface area (Å²) in [6.07, 6.45) is 3.69. The number of nitrogen functional groups attached to an aromatic ring is 1. The maximum Gasteiger partial charge on any atom is 0.273 e. The lowest BCUT2D eigenvalue weighted by molar-refractivity contribution is 0.0778. The van der Waals surface area contributed by atoms with Gasteiger partial charge in [-0.1, -0.05) is 43.3 Å². The molecule has 136 valence electrons. The predicted octanol–water partition coefficient (Wildman–Crippen LogP) is 2.79. The van der Waals surface area contributed by atoms with Crippen molar-refractivity contribution < 1.29 is 9.59 Å². The smallest absolute Gasteiger partial charge is 0.273 e. The van der Waals surface area contributed by atoms with E-state index in [-0.39, 0.29) is 23.2 Å². The lowest BCUT2D eigenvalue weighted by Gasteiger charge is -2.26. The molecule has 0 saturated heterocycles. The molecule has 0 unspecified atom stereocenters. The molecule has 0 spiro atoms. The molecule has 1 aliphatic rings. The highest BCUT2D eigenvalue weighted by Crippen LogP contribution is 2.27. The highest BCUT2D eigenvalue weighted by molar-refractivity contribution is 7.09. The molecule has 1 aromatic heterocycles. The first-order valence-electron chi connectivity index (χ1n) is 8.69. The second kappa shape index (κ2) is 8.14. The number of nitrogens with two attached hydrogens (primary N) is 1. The largest absolute Gasteiger partial charge is 0.395 e. The first kappa shape index (κ1) is 18.1. The number of nitrogens with zero attached hydrogens (tertiary/aromatic N) is 2. The van der Waals surface area contributed by atoms with Gasteiger partial charge in [0.25, 0.3) is 11.8 Å². The van der Waals surface area contributed by atoms with Gasteiger partial charge in [0.15, 0.2) is 5.69 Å². The van der Waals surface area contributed by atoms with Gasteiger partial charge < -0.3 is 16.0 Å². The van der Waals surface area contributed by atoms with Gasteiger partial charge in [-0.05, 0) is 35.5 Å². The molecule has 26 heavy (non-hydrogen) atoms. The molecule has 2 amide bonds. The minimum atomic E-state index is -0.329. The molecular formula is C19H22N4O2S. The van der Waals surface area contributed by atoms with Crippen LogP contribution >= 0.6 is 11.5 Å². The predicted molar refractivity (Wildman–Crippen MR) is 104 cm³/mol. The average Bonchev–Trinajstić information content (AvgIpc) is 3.08. The Bertz CT molecular complexity index is 829. The van der Waals surface area contributed by atoms with Crippen LogP contribution in [-0.2, 0) is 0 Å². The van der Waals surface area contributed by atoms with Crippen LogP contribution < -0.4 is 11.1 Å². The van der Waals surface area contributed by atoms with Crippen LogP contribution in [0.3, 0.4) is 0 Å². The van der Waals surface area contributed by atoms with Crippen LogP contribution in [0, 0.1) is 0 Å². The van der Waals surface area contributed by atoms with Crippen molar-refractivity contribution in [1.82, 2.24) is 14.6 Å². The van der Waals surface area contributed by atoms with Crippen LogP contribution in [0.1, 0.15) is 45.5 Å². The summed E-state index contributed by atoms with van der Waals surface area (Å²) in [5.74, 6) is -0.498. The van der Waals surface area contributed by atoms with E-state index in [1.165, 1.54) is 11.1 Å².